The summed E-state index contributed by atoms with van der Waals surface area (Å²) >= 11 is 0. The molecule has 0 saturated heterocycles. The highest BCUT2D eigenvalue weighted by atomic mass is 17.2. The highest BCUT2D eigenvalue weighted by molar-refractivity contribution is 5.80. The van der Waals surface area contributed by atoms with Crippen molar-refractivity contribution < 1.29 is 19.3 Å². The number of hydrogen-bond acceptors (Lipinski definition) is 4. The molecule has 0 saturated carbocycles. The minimum absolute atomic E-state index is 0.253. The average molecular weight is 188 g/mol. The molecule has 0 fully saturated rings. The molecule has 0 amide bonds. The summed E-state index contributed by atoms with van der Waals surface area (Å²) < 4.78 is 5.15. The van der Waals surface area contributed by atoms with Crippen LogP contribution < -0.4 is 0 Å². The quantitative estimate of drug-likeness (QED) is 0.250. The molecule has 0 spiro atoms. The first-order valence-electron chi connectivity index (χ1n) is 4.34. The molecule has 0 aliphatic rings. The molecule has 0 aliphatic carbocycles. The summed E-state index contributed by atoms with van der Waals surface area (Å²) in [5.41, 5.74) is 0. The number of carbonyl (C=O) groups is 1. The van der Waals surface area contributed by atoms with Crippen LogP contribution in [0.15, 0.2) is 12.7 Å². The zero-order valence-electron chi connectivity index (χ0n) is 7.95. The minimum Gasteiger partial charge on any atom is -0.379 e. The van der Waals surface area contributed by atoms with Crippen LogP contribution in [0.3, 0.4) is 0 Å². The van der Waals surface area contributed by atoms with E-state index >= 15 is 0 Å². The predicted molar refractivity (Wildman–Crippen MR) is 48.0 cm³/mol. The van der Waals surface area contributed by atoms with E-state index in [1.807, 2.05) is 0 Å². The molecule has 0 radical (unpaired) electrons. The van der Waals surface area contributed by atoms with Gasteiger partial charge in [-0.1, -0.05) is 19.9 Å². The smallest absolute Gasteiger partial charge is 0.365 e. The fourth-order valence-electron chi connectivity index (χ4n) is 0.575. The first-order chi connectivity index (χ1) is 6.31. The second kappa shape index (κ2) is 9.22. The lowest BCUT2D eigenvalue weighted by molar-refractivity contribution is -0.271. The summed E-state index contributed by atoms with van der Waals surface area (Å²) in [7, 11) is 0. The Morgan fingerprint density at radius 1 is 1.38 bits per heavy atom. The van der Waals surface area contributed by atoms with Crippen molar-refractivity contribution >= 4 is 5.97 Å². The van der Waals surface area contributed by atoms with Gasteiger partial charge in [0.15, 0.2) is 0 Å². The molecule has 0 aromatic rings. The van der Waals surface area contributed by atoms with Gasteiger partial charge >= 0.3 is 5.97 Å². The molecular weight excluding hydrogens is 172 g/mol. The van der Waals surface area contributed by atoms with Gasteiger partial charge in [0.1, 0.15) is 6.61 Å². The zero-order valence-corrected chi connectivity index (χ0v) is 7.95. The largest absolute Gasteiger partial charge is 0.379 e. The SMILES string of the molecule is C=CC(=O)OOCCOCCCC. The van der Waals surface area contributed by atoms with E-state index in [4.69, 9.17) is 4.74 Å². The topological polar surface area (TPSA) is 44.8 Å². The first kappa shape index (κ1) is 12.1. The van der Waals surface area contributed by atoms with E-state index in [-0.39, 0.29) is 6.61 Å². The van der Waals surface area contributed by atoms with Crippen molar-refractivity contribution in [2.24, 2.45) is 0 Å². The van der Waals surface area contributed by atoms with Crippen molar-refractivity contribution in [1.82, 2.24) is 0 Å². The standard InChI is InChI=1S/C9H16O4/c1-3-5-6-11-7-8-12-13-9(10)4-2/h4H,2-3,5-8H2,1H3. The van der Waals surface area contributed by atoms with Gasteiger partial charge < -0.3 is 4.74 Å². The molecule has 0 N–H and O–H groups in total. The molecule has 0 aliphatic heterocycles. The van der Waals surface area contributed by atoms with Gasteiger partial charge in [0, 0.05) is 12.7 Å². The Morgan fingerprint density at radius 3 is 2.77 bits per heavy atom. The fraction of sp³-hybridized carbons (Fsp3) is 0.667. The molecule has 4 nitrogen and oxygen atoms in total. The van der Waals surface area contributed by atoms with E-state index in [0.29, 0.717) is 6.61 Å². The molecule has 76 valence electrons. The molecule has 0 atom stereocenters. The number of ether oxygens (including phenoxy) is 1. The number of unbranched alkanes of at least 4 members (excludes halogenated alkanes) is 1. The lowest BCUT2D eigenvalue weighted by atomic mass is 10.4. The molecule has 0 aromatic carbocycles. The van der Waals surface area contributed by atoms with Crippen LogP contribution >= 0.6 is 0 Å². The van der Waals surface area contributed by atoms with Crippen molar-refractivity contribution in [1.29, 1.82) is 0 Å². The average Bonchev–Trinajstić information content (AvgIpc) is 2.16. The zero-order chi connectivity index (χ0) is 9.94. The highest BCUT2D eigenvalue weighted by Crippen LogP contribution is 1.88. The normalized spacial score (nSPS) is 9.62. The van der Waals surface area contributed by atoms with Crippen LogP contribution in [0.1, 0.15) is 19.8 Å². The van der Waals surface area contributed by atoms with Crippen LogP contribution in [0, 0.1) is 0 Å². The molecule has 0 bridgehead atoms. The Kier molecular flexibility index (Phi) is 8.60. The second-order valence-corrected chi connectivity index (χ2v) is 2.39. The Labute approximate surface area is 78.4 Å². The summed E-state index contributed by atoms with van der Waals surface area (Å²) in [6.07, 6.45) is 3.18. The molecule has 13 heavy (non-hydrogen) atoms. The molecule has 0 rings (SSSR count). The van der Waals surface area contributed by atoms with Gasteiger partial charge in [-0.2, -0.15) is 4.89 Å². The summed E-state index contributed by atoms with van der Waals surface area (Å²) in [5, 5.41) is 0. The highest BCUT2D eigenvalue weighted by Gasteiger charge is 1.95. The van der Waals surface area contributed by atoms with Crippen LogP contribution in [0.4, 0.5) is 0 Å². The second-order valence-electron chi connectivity index (χ2n) is 2.39. The monoisotopic (exact) mass is 188 g/mol. The van der Waals surface area contributed by atoms with Crippen LogP contribution in [-0.2, 0) is 19.3 Å². The minimum atomic E-state index is -0.589. The van der Waals surface area contributed by atoms with Gasteiger partial charge in [0.2, 0.25) is 0 Å². The van der Waals surface area contributed by atoms with Gasteiger partial charge in [0.25, 0.3) is 0 Å². The maximum Gasteiger partial charge on any atom is 0.365 e. The Morgan fingerprint density at radius 2 is 2.15 bits per heavy atom. The van der Waals surface area contributed by atoms with Crippen molar-refractivity contribution in [3.63, 3.8) is 0 Å². The third-order valence-electron chi connectivity index (χ3n) is 1.26. The van der Waals surface area contributed by atoms with Crippen molar-refractivity contribution in [2.75, 3.05) is 19.8 Å². The third-order valence-corrected chi connectivity index (χ3v) is 1.26. The van der Waals surface area contributed by atoms with Crippen molar-refractivity contribution in [2.45, 2.75) is 19.8 Å². The first-order valence-corrected chi connectivity index (χ1v) is 4.34. The van der Waals surface area contributed by atoms with E-state index in [1.165, 1.54) is 0 Å². The Balaban J connectivity index is 2.99. The van der Waals surface area contributed by atoms with E-state index in [2.05, 4.69) is 23.3 Å². The number of rotatable bonds is 8. The van der Waals surface area contributed by atoms with Crippen LogP contribution in [0.2, 0.25) is 0 Å². The lowest BCUT2D eigenvalue weighted by Crippen LogP contribution is -2.08. The maximum absolute atomic E-state index is 10.4. The van der Waals surface area contributed by atoms with Crippen molar-refractivity contribution in [3.05, 3.63) is 12.7 Å². The molecular formula is C9H16O4. The third kappa shape index (κ3) is 9.04. The van der Waals surface area contributed by atoms with E-state index in [9.17, 15) is 4.79 Å². The molecule has 0 heterocycles. The molecule has 0 unspecified atom stereocenters. The summed E-state index contributed by atoms with van der Waals surface area (Å²) in [6, 6.07) is 0. The van der Waals surface area contributed by atoms with E-state index < -0.39 is 5.97 Å². The van der Waals surface area contributed by atoms with Gasteiger partial charge in [-0.25, -0.2) is 4.79 Å². The predicted octanol–water partition coefficient (Wildman–Crippen LogP) is 1.46. The number of carbonyl (C=O) groups excluding carboxylic acids is 1. The van der Waals surface area contributed by atoms with Crippen molar-refractivity contribution in [3.8, 4) is 0 Å². The van der Waals surface area contributed by atoms with Gasteiger partial charge in [0.05, 0.1) is 6.61 Å². The van der Waals surface area contributed by atoms with Gasteiger partial charge in [-0.3, -0.25) is 4.89 Å². The lowest BCUT2D eigenvalue weighted by Gasteiger charge is -2.02. The molecule has 4 heteroatoms. The van der Waals surface area contributed by atoms with E-state index in [1.54, 1.807) is 0 Å². The fourth-order valence-corrected chi connectivity index (χ4v) is 0.575. The summed E-state index contributed by atoms with van der Waals surface area (Å²) in [6.45, 7) is 6.71. The van der Waals surface area contributed by atoms with Crippen LogP contribution in [-0.4, -0.2) is 25.8 Å². The van der Waals surface area contributed by atoms with Gasteiger partial charge in [-0.05, 0) is 6.42 Å². The molecule has 0 aromatic heterocycles. The van der Waals surface area contributed by atoms with Crippen LogP contribution in [0.25, 0.3) is 0 Å². The Hall–Kier alpha value is -0.870. The van der Waals surface area contributed by atoms with Crippen LogP contribution in [0.5, 0.6) is 0 Å². The number of hydrogen-bond donors (Lipinski definition) is 0. The summed E-state index contributed by atoms with van der Waals surface area (Å²) in [4.78, 5) is 19.2. The maximum atomic E-state index is 10.4. The summed E-state index contributed by atoms with van der Waals surface area (Å²) in [5.74, 6) is -0.589. The van der Waals surface area contributed by atoms with Gasteiger partial charge in [-0.15, -0.1) is 0 Å². The Bertz CT molecular complexity index is 145. The van der Waals surface area contributed by atoms with E-state index in [0.717, 1.165) is 25.5 Å².